The van der Waals surface area contributed by atoms with E-state index in [1.54, 1.807) is 12.5 Å². The minimum Gasteiger partial charge on any atom is -0.468 e. The van der Waals surface area contributed by atoms with Gasteiger partial charge in [0.15, 0.2) is 0 Å². The van der Waals surface area contributed by atoms with Crippen LogP contribution in [0.1, 0.15) is 17.5 Å². The Hall–Kier alpha value is -2.51. The average Bonchev–Trinajstić information content (AvgIpc) is 3.28. The smallest absolute Gasteiger partial charge is 0.226 e. The first kappa shape index (κ1) is 17.3. The van der Waals surface area contributed by atoms with E-state index in [1.165, 1.54) is 11.3 Å². The van der Waals surface area contributed by atoms with Crippen molar-refractivity contribution in [2.24, 2.45) is 0 Å². The zero-order valence-corrected chi connectivity index (χ0v) is 15.0. The molecule has 0 aliphatic heterocycles. The highest BCUT2D eigenvalue weighted by molar-refractivity contribution is 7.13. The number of carbonyl (C=O) groups excluding carboxylic acids is 1. The number of pyridine rings is 1. The number of hydrogen-bond acceptors (Lipinski definition) is 6. The monoisotopic (exact) mass is 356 g/mol. The van der Waals surface area contributed by atoms with Crippen LogP contribution in [-0.4, -0.2) is 41.4 Å². The van der Waals surface area contributed by atoms with Crippen molar-refractivity contribution in [3.8, 4) is 10.7 Å². The highest BCUT2D eigenvalue weighted by Gasteiger charge is 2.18. The maximum atomic E-state index is 12.2. The molecule has 1 amide bonds. The molecule has 3 heterocycles. The van der Waals surface area contributed by atoms with E-state index in [2.05, 4.69) is 15.3 Å². The van der Waals surface area contributed by atoms with Crippen molar-refractivity contribution in [1.82, 2.24) is 20.2 Å². The molecule has 0 aliphatic rings. The van der Waals surface area contributed by atoms with Crippen LogP contribution in [0, 0.1) is 0 Å². The molecule has 0 saturated heterocycles. The number of thiazole rings is 1. The number of nitrogens with one attached hydrogen (secondary N) is 1. The van der Waals surface area contributed by atoms with E-state index in [0.717, 1.165) is 22.2 Å². The largest absolute Gasteiger partial charge is 0.468 e. The van der Waals surface area contributed by atoms with Gasteiger partial charge in [-0.3, -0.25) is 14.7 Å². The summed E-state index contributed by atoms with van der Waals surface area (Å²) < 4.78 is 5.45. The summed E-state index contributed by atoms with van der Waals surface area (Å²) in [5.74, 6) is 0.771. The number of hydrogen-bond donors (Lipinski definition) is 1. The third kappa shape index (κ3) is 4.52. The van der Waals surface area contributed by atoms with Gasteiger partial charge in [-0.2, -0.15) is 0 Å². The molecule has 6 nitrogen and oxygen atoms in total. The van der Waals surface area contributed by atoms with E-state index >= 15 is 0 Å². The predicted octanol–water partition coefficient (Wildman–Crippen LogP) is 2.76. The normalized spacial score (nSPS) is 12.3. The van der Waals surface area contributed by atoms with Gasteiger partial charge in [-0.25, -0.2) is 4.98 Å². The summed E-state index contributed by atoms with van der Waals surface area (Å²) in [6.07, 6.45) is 3.63. The summed E-state index contributed by atoms with van der Waals surface area (Å²) in [4.78, 5) is 23.0. The quantitative estimate of drug-likeness (QED) is 0.705. The molecule has 0 saturated carbocycles. The molecule has 0 aromatic carbocycles. The highest BCUT2D eigenvalue weighted by Crippen LogP contribution is 2.21. The maximum absolute atomic E-state index is 12.2. The zero-order chi connectivity index (χ0) is 17.6. The summed E-state index contributed by atoms with van der Waals surface area (Å²) in [5.41, 5.74) is 1.58. The van der Waals surface area contributed by atoms with Gasteiger partial charge < -0.3 is 9.73 Å². The Balaban J connectivity index is 1.57. The first-order valence-corrected chi connectivity index (χ1v) is 8.84. The van der Waals surface area contributed by atoms with Crippen LogP contribution in [0.2, 0.25) is 0 Å². The van der Waals surface area contributed by atoms with Crippen LogP contribution in [0.5, 0.6) is 0 Å². The molecule has 1 atom stereocenters. The Kier molecular flexibility index (Phi) is 5.57. The molecule has 0 radical (unpaired) electrons. The van der Waals surface area contributed by atoms with Crippen LogP contribution in [-0.2, 0) is 11.2 Å². The van der Waals surface area contributed by atoms with Crippen LogP contribution in [0.15, 0.2) is 52.6 Å². The second-order valence-electron chi connectivity index (χ2n) is 5.83. The number of rotatable bonds is 7. The van der Waals surface area contributed by atoms with Crippen molar-refractivity contribution in [3.05, 3.63) is 59.6 Å². The summed E-state index contributed by atoms with van der Waals surface area (Å²) in [6, 6.07) is 9.46. The average molecular weight is 356 g/mol. The summed E-state index contributed by atoms with van der Waals surface area (Å²) in [7, 11) is 3.91. The van der Waals surface area contributed by atoms with Crippen LogP contribution >= 0.6 is 11.3 Å². The van der Waals surface area contributed by atoms with Gasteiger partial charge in [0.25, 0.3) is 0 Å². The SMILES string of the molecule is CN(C)C(CNC(=O)Cc1csc(-c2ccccn2)n1)c1ccco1. The molecule has 130 valence electrons. The third-order valence-electron chi connectivity index (χ3n) is 3.76. The van der Waals surface area contributed by atoms with Gasteiger partial charge in [0.1, 0.15) is 10.8 Å². The van der Waals surface area contributed by atoms with Crippen molar-refractivity contribution >= 4 is 17.2 Å². The number of likely N-dealkylation sites (N-methyl/N-ethyl adjacent to an activating group) is 1. The van der Waals surface area contributed by atoms with Crippen molar-refractivity contribution in [2.75, 3.05) is 20.6 Å². The predicted molar refractivity (Wildman–Crippen MR) is 97.2 cm³/mol. The standard InChI is InChI=1S/C18H20N4O2S/c1-22(2)15(16-7-5-9-24-16)11-20-17(23)10-13-12-25-18(21-13)14-6-3-4-8-19-14/h3-9,12,15H,10-11H2,1-2H3,(H,20,23). The fourth-order valence-electron chi connectivity index (χ4n) is 2.45. The van der Waals surface area contributed by atoms with Gasteiger partial charge >= 0.3 is 0 Å². The van der Waals surface area contributed by atoms with Gasteiger partial charge in [-0.15, -0.1) is 11.3 Å². The van der Waals surface area contributed by atoms with Crippen molar-refractivity contribution in [3.63, 3.8) is 0 Å². The van der Waals surface area contributed by atoms with Crippen LogP contribution in [0.25, 0.3) is 10.7 Å². The molecular formula is C18H20N4O2S. The van der Waals surface area contributed by atoms with Crippen LogP contribution in [0.3, 0.4) is 0 Å². The lowest BCUT2D eigenvalue weighted by Gasteiger charge is -2.22. The van der Waals surface area contributed by atoms with Gasteiger partial charge in [0.2, 0.25) is 5.91 Å². The second-order valence-corrected chi connectivity index (χ2v) is 6.69. The van der Waals surface area contributed by atoms with E-state index in [4.69, 9.17) is 4.42 Å². The fraction of sp³-hybridized carbons (Fsp3) is 0.278. The third-order valence-corrected chi connectivity index (χ3v) is 4.68. The summed E-state index contributed by atoms with van der Waals surface area (Å²) in [5, 5.41) is 5.68. The lowest BCUT2D eigenvalue weighted by molar-refractivity contribution is -0.120. The summed E-state index contributed by atoms with van der Waals surface area (Å²) >= 11 is 1.50. The first-order chi connectivity index (χ1) is 12.1. The van der Waals surface area contributed by atoms with Crippen LogP contribution in [0.4, 0.5) is 0 Å². The summed E-state index contributed by atoms with van der Waals surface area (Å²) in [6.45, 7) is 0.483. The van der Waals surface area contributed by atoms with Crippen molar-refractivity contribution < 1.29 is 9.21 Å². The Morgan fingerprint density at radius 1 is 1.32 bits per heavy atom. The zero-order valence-electron chi connectivity index (χ0n) is 14.2. The Bertz CT molecular complexity index is 800. The van der Waals surface area contributed by atoms with E-state index < -0.39 is 0 Å². The van der Waals surface area contributed by atoms with Crippen molar-refractivity contribution in [1.29, 1.82) is 0 Å². The van der Waals surface area contributed by atoms with Crippen molar-refractivity contribution in [2.45, 2.75) is 12.5 Å². The minimum atomic E-state index is -0.0590. The Morgan fingerprint density at radius 3 is 2.88 bits per heavy atom. The lowest BCUT2D eigenvalue weighted by atomic mass is 10.2. The molecular weight excluding hydrogens is 336 g/mol. The Morgan fingerprint density at radius 2 is 2.20 bits per heavy atom. The second kappa shape index (κ2) is 8.04. The van der Waals surface area contributed by atoms with Gasteiger partial charge in [0, 0.05) is 18.1 Å². The van der Waals surface area contributed by atoms with E-state index in [9.17, 15) is 4.79 Å². The molecule has 1 N–H and O–H groups in total. The molecule has 3 aromatic rings. The molecule has 7 heteroatoms. The number of nitrogens with zero attached hydrogens (tertiary/aromatic N) is 3. The van der Waals surface area contributed by atoms with Gasteiger partial charge in [-0.1, -0.05) is 6.07 Å². The number of aromatic nitrogens is 2. The van der Waals surface area contributed by atoms with E-state index in [1.807, 2.05) is 54.7 Å². The number of carbonyl (C=O) groups is 1. The fourth-order valence-corrected chi connectivity index (χ4v) is 3.25. The molecule has 3 aromatic heterocycles. The lowest BCUT2D eigenvalue weighted by Crippen LogP contribution is -2.35. The van der Waals surface area contributed by atoms with Gasteiger partial charge in [-0.05, 0) is 38.4 Å². The first-order valence-electron chi connectivity index (χ1n) is 7.96. The molecule has 0 bridgehead atoms. The van der Waals surface area contributed by atoms with Crippen LogP contribution < -0.4 is 5.32 Å². The van der Waals surface area contributed by atoms with Gasteiger partial charge in [0.05, 0.1) is 30.1 Å². The molecule has 0 fully saturated rings. The molecule has 0 spiro atoms. The molecule has 0 aliphatic carbocycles. The minimum absolute atomic E-state index is 0.00142. The topological polar surface area (TPSA) is 71.3 Å². The molecule has 25 heavy (non-hydrogen) atoms. The number of furan rings is 1. The Labute approximate surface area is 150 Å². The van der Waals surface area contributed by atoms with E-state index in [-0.39, 0.29) is 18.4 Å². The molecule has 1 unspecified atom stereocenters. The number of amides is 1. The molecule has 3 rings (SSSR count). The highest BCUT2D eigenvalue weighted by atomic mass is 32.1. The van der Waals surface area contributed by atoms with E-state index in [0.29, 0.717) is 6.54 Å². The maximum Gasteiger partial charge on any atom is 0.226 e.